The SMILES string of the molecule is CSCC(=[OH+])c1ccccc1. The summed E-state index contributed by atoms with van der Waals surface area (Å²) in [5.74, 6) is 1.14. The van der Waals surface area contributed by atoms with Gasteiger partial charge in [-0.15, -0.1) is 0 Å². The largest absolute Gasteiger partial charge is 0.333 e. The molecular weight excluding hydrogens is 156 g/mol. The highest BCUT2D eigenvalue weighted by Crippen LogP contribution is 2.02. The number of benzene rings is 1. The lowest BCUT2D eigenvalue weighted by Crippen LogP contribution is -2.02. The van der Waals surface area contributed by atoms with Crippen molar-refractivity contribution in [1.82, 2.24) is 0 Å². The van der Waals surface area contributed by atoms with Crippen molar-refractivity contribution in [1.29, 1.82) is 0 Å². The molecule has 58 valence electrons. The molecule has 0 saturated heterocycles. The van der Waals surface area contributed by atoms with Gasteiger partial charge in [-0.05, 0) is 18.4 Å². The number of hydrogen-bond donors (Lipinski definition) is 0. The molecule has 0 aromatic heterocycles. The Bertz CT molecular complexity index is 231. The summed E-state index contributed by atoms with van der Waals surface area (Å²) in [7, 11) is 0. The molecule has 11 heavy (non-hydrogen) atoms. The van der Waals surface area contributed by atoms with E-state index in [-0.39, 0.29) is 0 Å². The Morgan fingerprint density at radius 1 is 1.36 bits per heavy atom. The third kappa shape index (κ3) is 2.39. The molecule has 0 aliphatic rings. The van der Waals surface area contributed by atoms with Gasteiger partial charge in [-0.25, -0.2) is 0 Å². The van der Waals surface area contributed by atoms with Crippen molar-refractivity contribution in [3.05, 3.63) is 35.9 Å². The van der Waals surface area contributed by atoms with Crippen LogP contribution < -0.4 is 0 Å². The summed E-state index contributed by atoms with van der Waals surface area (Å²) in [4.78, 5) is 9.42. The highest BCUT2D eigenvalue weighted by atomic mass is 32.2. The molecule has 1 aromatic carbocycles. The minimum atomic E-state index is 0.457. The summed E-state index contributed by atoms with van der Waals surface area (Å²) in [6, 6.07) is 9.60. The minimum absolute atomic E-state index is 0.457. The van der Waals surface area contributed by atoms with E-state index in [1.165, 1.54) is 0 Å². The van der Waals surface area contributed by atoms with Crippen molar-refractivity contribution < 1.29 is 4.79 Å². The smallest absolute Gasteiger partial charge is 0.277 e. The summed E-state index contributed by atoms with van der Waals surface area (Å²) < 4.78 is 0. The quantitative estimate of drug-likeness (QED) is 0.498. The second kappa shape index (κ2) is 4.19. The van der Waals surface area contributed by atoms with E-state index in [1.807, 2.05) is 36.6 Å². The normalized spacial score (nSPS) is 9.55. The van der Waals surface area contributed by atoms with Crippen molar-refractivity contribution in [2.75, 3.05) is 12.0 Å². The van der Waals surface area contributed by atoms with Gasteiger partial charge in [0.25, 0.3) is 0 Å². The molecule has 1 nitrogen and oxygen atoms in total. The summed E-state index contributed by atoms with van der Waals surface area (Å²) in [5, 5.41) is 0. The maximum atomic E-state index is 9.42. The maximum absolute atomic E-state index is 9.42. The first-order valence-corrected chi connectivity index (χ1v) is 4.83. The fourth-order valence-corrected chi connectivity index (χ4v) is 1.29. The number of thioether (sulfide) groups is 1. The summed E-state index contributed by atoms with van der Waals surface area (Å²) in [5.41, 5.74) is 0.918. The van der Waals surface area contributed by atoms with Crippen LogP contribution in [0.25, 0.3) is 0 Å². The van der Waals surface area contributed by atoms with Crippen molar-refractivity contribution in [2.45, 2.75) is 0 Å². The number of hydrogen-bond acceptors (Lipinski definition) is 1. The van der Waals surface area contributed by atoms with E-state index in [0.717, 1.165) is 5.56 Å². The summed E-state index contributed by atoms with van der Waals surface area (Å²) in [6.45, 7) is 0. The predicted molar refractivity (Wildman–Crippen MR) is 50.9 cm³/mol. The Balaban J connectivity index is 2.69. The lowest BCUT2D eigenvalue weighted by Gasteiger charge is -1.90. The van der Waals surface area contributed by atoms with Gasteiger partial charge in [0.1, 0.15) is 5.75 Å². The van der Waals surface area contributed by atoms with Gasteiger partial charge >= 0.3 is 5.78 Å². The third-order valence-electron chi connectivity index (χ3n) is 1.39. The molecule has 0 fully saturated rings. The molecule has 0 spiro atoms. The summed E-state index contributed by atoms with van der Waals surface area (Å²) >= 11 is 1.62. The zero-order valence-electron chi connectivity index (χ0n) is 6.45. The Labute approximate surface area is 70.8 Å². The van der Waals surface area contributed by atoms with E-state index in [1.54, 1.807) is 11.8 Å². The molecular formula is C9H11OS+. The van der Waals surface area contributed by atoms with Crippen LogP contribution in [0, 0.1) is 0 Å². The fourth-order valence-electron chi connectivity index (χ4n) is 0.851. The first-order valence-electron chi connectivity index (χ1n) is 3.43. The van der Waals surface area contributed by atoms with E-state index in [0.29, 0.717) is 11.5 Å². The van der Waals surface area contributed by atoms with Crippen LogP contribution in [-0.4, -0.2) is 22.6 Å². The second-order valence-electron chi connectivity index (χ2n) is 2.25. The van der Waals surface area contributed by atoms with Gasteiger partial charge in [0.05, 0.1) is 5.56 Å². The van der Waals surface area contributed by atoms with E-state index in [9.17, 15) is 4.79 Å². The van der Waals surface area contributed by atoms with Crippen LogP contribution in [0.5, 0.6) is 0 Å². The van der Waals surface area contributed by atoms with Gasteiger partial charge in [-0.2, -0.15) is 11.8 Å². The van der Waals surface area contributed by atoms with Crippen molar-refractivity contribution in [3.8, 4) is 0 Å². The molecule has 0 aliphatic heterocycles. The minimum Gasteiger partial charge on any atom is -0.277 e. The molecule has 0 heterocycles. The first kappa shape index (κ1) is 8.34. The van der Waals surface area contributed by atoms with Crippen LogP contribution in [0.15, 0.2) is 30.3 Å². The topological polar surface area (TPSA) is 21.4 Å². The monoisotopic (exact) mass is 167 g/mol. The molecule has 0 bridgehead atoms. The average Bonchev–Trinajstić information content (AvgIpc) is 2.07. The second-order valence-corrected chi connectivity index (χ2v) is 3.11. The molecule has 0 radical (unpaired) electrons. The Hall–Kier alpha value is -0.760. The molecule has 0 aliphatic carbocycles. The van der Waals surface area contributed by atoms with Crippen LogP contribution in [0.3, 0.4) is 0 Å². The summed E-state index contributed by atoms with van der Waals surface area (Å²) in [6.07, 6.45) is 1.97. The standard InChI is InChI=1S/C9H10OS/c1-11-7-9(10)8-5-3-2-4-6-8/h2-6H,7H2,1H3/p+1. The molecule has 0 unspecified atom stereocenters. The zero-order valence-corrected chi connectivity index (χ0v) is 7.27. The zero-order chi connectivity index (χ0) is 8.10. The molecule has 1 N–H and O–H groups in total. The third-order valence-corrected chi connectivity index (χ3v) is 1.95. The van der Waals surface area contributed by atoms with Crippen LogP contribution in [0.2, 0.25) is 0 Å². The molecule has 0 amide bonds. The van der Waals surface area contributed by atoms with Crippen molar-refractivity contribution in [2.24, 2.45) is 0 Å². The van der Waals surface area contributed by atoms with E-state index >= 15 is 0 Å². The molecule has 2 heteroatoms. The molecule has 0 saturated carbocycles. The van der Waals surface area contributed by atoms with E-state index in [2.05, 4.69) is 0 Å². The molecule has 1 rings (SSSR count). The first-order chi connectivity index (χ1) is 5.34. The van der Waals surface area contributed by atoms with Gasteiger partial charge in [0.15, 0.2) is 0 Å². The van der Waals surface area contributed by atoms with E-state index in [4.69, 9.17) is 0 Å². The average molecular weight is 167 g/mol. The fraction of sp³-hybridized carbons (Fsp3) is 0.222. The van der Waals surface area contributed by atoms with Crippen molar-refractivity contribution in [3.63, 3.8) is 0 Å². The highest BCUT2D eigenvalue weighted by molar-refractivity contribution is 7.99. The Morgan fingerprint density at radius 2 is 2.00 bits per heavy atom. The molecule has 0 atom stereocenters. The van der Waals surface area contributed by atoms with Crippen LogP contribution in [-0.2, 0) is 0 Å². The number of carbonyl (C=O) groups excluding carboxylic acids is 1. The number of ketones is 1. The lowest BCUT2D eigenvalue weighted by molar-refractivity contribution is 0.676. The molecule has 1 aromatic rings. The van der Waals surface area contributed by atoms with Crippen LogP contribution in [0.4, 0.5) is 0 Å². The predicted octanol–water partition coefficient (Wildman–Crippen LogP) is 1.94. The highest BCUT2D eigenvalue weighted by Gasteiger charge is 2.09. The van der Waals surface area contributed by atoms with Crippen LogP contribution >= 0.6 is 11.8 Å². The lowest BCUT2D eigenvalue weighted by atomic mass is 10.2. The Kier molecular flexibility index (Phi) is 3.17. The van der Waals surface area contributed by atoms with Gasteiger partial charge in [-0.1, -0.05) is 18.2 Å². The van der Waals surface area contributed by atoms with Crippen molar-refractivity contribution >= 4 is 17.5 Å². The van der Waals surface area contributed by atoms with Gasteiger partial charge < -0.3 is 0 Å². The maximum Gasteiger partial charge on any atom is 0.333 e. The van der Waals surface area contributed by atoms with Gasteiger partial charge in [0.2, 0.25) is 0 Å². The van der Waals surface area contributed by atoms with E-state index < -0.39 is 0 Å². The van der Waals surface area contributed by atoms with Crippen LogP contribution in [0.1, 0.15) is 5.56 Å². The Morgan fingerprint density at radius 3 is 2.55 bits per heavy atom. The van der Waals surface area contributed by atoms with Gasteiger partial charge in [-0.3, -0.25) is 4.79 Å². The number of rotatable bonds is 3. The van der Waals surface area contributed by atoms with Gasteiger partial charge in [0, 0.05) is 0 Å².